The van der Waals surface area contributed by atoms with Gasteiger partial charge in [-0.3, -0.25) is 14.9 Å². The highest BCUT2D eigenvalue weighted by Gasteiger charge is 2.13. The first kappa shape index (κ1) is 24.5. The standard InChI is InChI=1S/C26H25N3O4S/c1-29(21-7-5-4-6-8-21)25(31)19-11-13-20(14-12-19)27-26(34)28-24(30)16-10-18-9-15-22(32-2)23(17-18)33-3/h4-17H,1-3H3,(H2,27,28,30,34)/b16-10+. The average Bonchev–Trinajstić information content (AvgIpc) is 2.87. The normalized spacial score (nSPS) is 10.4. The van der Waals surface area contributed by atoms with Crippen molar-refractivity contribution in [1.29, 1.82) is 0 Å². The summed E-state index contributed by atoms with van der Waals surface area (Å²) in [5, 5.41) is 5.67. The van der Waals surface area contributed by atoms with Crippen LogP contribution < -0.4 is 25.0 Å². The lowest BCUT2D eigenvalue weighted by molar-refractivity contribution is -0.115. The van der Waals surface area contributed by atoms with E-state index >= 15 is 0 Å². The van der Waals surface area contributed by atoms with Gasteiger partial charge in [-0.25, -0.2) is 0 Å². The zero-order valence-electron chi connectivity index (χ0n) is 19.1. The van der Waals surface area contributed by atoms with Crippen molar-refractivity contribution in [3.63, 3.8) is 0 Å². The molecule has 0 fully saturated rings. The predicted octanol–water partition coefficient (Wildman–Crippen LogP) is 4.51. The van der Waals surface area contributed by atoms with Gasteiger partial charge in [0.05, 0.1) is 14.2 Å². The minimum absolute atomic E-state index is 0.131. The SMILES string of the molecule is COc1ccc(/C=C/C(=O)NC(=S)Nc2ccc(C(=O)N(C)c3ccccc3)cc2)cc1OC. The summed E-state index contributed by atoms with van der Waals surface area (Å²) in [7, 11) is 4.83. The van der Waals surface area contributed by atoms with Crippen molar-refractivity contribution in [2.45, 2.75) is 0 Å². The van der Waals surface area contributed by atoms with Gasteiger partial charge in [-0.05, 0) is 72.4 Å². The van der Waals surface area contributed by atoms with Crippen LogP contribution in [-0.4, -0.2) is 38.2 Å². The molecule has 8 heteroatoms. The minimum Gasteiger partial charge on any atom is -0.493 e. The van der Waals surface area contributed by atoms with E-state index in [-0.39, 0.29) is 16.9 Å². The van der Waals surface area contributed by atoms with Gasteiger partial charge < -0.3 is 19.7 Å². The van der Waals surface area contributed by atoms with Crippen LogP contribution in [-0.2, 0) is 4.79 Å². The summed E-state index contributed by atoms with van der Waals surface area (Å²) in [4.78, 5) is 26.5. The van der Waals surface area contributed by atoms with E-state index in [9.17, 15) is 9.59 Å². The Morgan fingerprint density at radius 1 is 0.912 bits per heavy atom. The molecule has 0 aromatic heterocycles. The van der Waals surface area contributed by atoms with Crippen LogP contribution in [0.5, 0.6) is 11.5 Å². The zero-order valence-corrected chi connectivity index (χ0v) is 19.9. The molecule has 2 N–H and O–H groups in total. The number of hydrogen-bond acceptors (Lipinski definition) is 5. The number of carbonyl (C=O) groups is 2. The van der Waals surface area contributed by atoms with Gasteiger partial charge in [0.1, 0.15) is 0 Å². The fourth-order valence-corrected chi connectivity index (χ4v) is 3.32. The third-order valence-corrected chi connectivity index (χ3v) is 5.11. The lowest BCUT2D eigenvalue weighted by Gasteiger charge is -2.17. The molecule has 3 aromatic rings. The van der Waals surface area contributed by atoms with Crippen molar-refractivity contribution in [2.24, 2.45) is 0 Å². The van der Waals surface area contributed by atoms with E-state index < -0.39 is 0 Å². The Morgan fingerprint density at radius 2 is 1.59 bits per heavy atom. The number of rotatable bonds is 7. The molecule has 0 spiro atoms. The Balaban J connectivity index is 1.55. The Hall–Kier alpha value is -4.17. The monoisotopic (exact) mass is 475 g/mol. The Bertz CT molecular complexity index is 1190. The first-order chi connectivity index (χ1) is 16.4. The third-order valence-electron chi connectivity index (χ3n) is 4.91. The Morgan fingerprint density at radius 3 is 2.24 bits per heavy atom. The van der Waals surface area contributed by atoms with E-state index in [0.717, 1.165) is 11.3 Å². The van der Waals surface area contributed by atoms with Gasteiger partial charge in [0.2, 0.25) is 5.91 Å². The van der Waals surface area contributed by atoms with Gasteiger partial charge in [-0.2, -0.15) is 0 Å². The van der Waals surface area contributed by atoms with Crippen LogP contribution in [0.4, 0.5) is 11.4 Å². The Kier molecular flexibility index (Phi) is 8.37. The van der Waals surface area contributed by atoms with E-state index in [1.807, 2.05) is 30.3 Å². The van der Waals surface area contributed by atoms with Crippen LogP contribution in [0.1, 0.15) is 15.9 Å². The highest BCUT2D eigenvalue weighted by Crippen LogP contribution is 2.28. The molecule has 0 radical (unpaired) electrons. The first-order valence-electron chi connectivity index (χ1n) is 10.4. The lowest BCUT2D eigenvalue weighted by Crippen LogP contribution is -2.32. The number of amides is 2. The van der Waals surface area contributed by atoms with E-state index in [4.69, 9.17) is 21.7 Å². The quantitative estimate of drug-likeness (QED) is 0.387. The van der Waals surface area contributed by atoms with E-state index in [0.29, 0.717) is 22.7 Å². The maximum absolute atomic E-state index is 12.7. The molecule has 0 atom stereocenters. The zero-order chi connectivity index (χ0) is 24.5. The molecule has 2 amide bonds. The molecule has 0 saturated heterocycles. The maximum Gasteiger partial charge on any atom is 0.258 e. The van der Waals surface area contributed by atoms with Crippen LogP contribution in [0.15, 0.2) is 78.9 Å². The molecular formula is C26H25N3O4S. The summed E-state index contributed by atoms with van der Waals surface area (Å²) < 4.78 is 10.5. The number of methoxy groups -OCH3 is 2. The van der Waals surface area contributed by atoms with Gasteiger partial charge in [-0.1, -0.05) is 24.3 Å². The van der Waals surface area contributed by atoms with Gasteiger partial charge in [0, 0.05) is 30.1 Å². The largest absolute Gasteiger partial charge is 0.493 e. The van der Waals surface area contributed by atoms with Crippen LogP contribution in [0, 0.1) is 0 Å². The van der Waals surface area contributed by atoms with Crippen LogP contribution in [0.25, 0.3) is 6.08 Å². The molecule has 0 aliphatic rings. The highest BCUT2D eigenvalue weighted by molar-refractivity contribution is 7.80. The number of anilines is 2. The van der Waals surface area contributed by atoms with Gasteiger partial charge in [0.25, 0.3) is 5.91 Å². The van der Waals surface area contributed by atoms with Crippen molar-refractivity contribution in [1.82, 2.24) is 5.32 Å². The maximum atomic E-state index is 12.7. The average molecular weight is 476 g/mol. The highest BCUT2D eigenvalue weighted by atomic mass is 32.1. The summed E-state index contributed by atoms with van der Waals surface area (Å²) in [6, 6.07) is 21.6. The molecule has 7 nitrogen and oxygen atoms in total. The number of ether oxygens (including phenoxy) is 2. The fraction of sp³-hybridized carbons (Fsp3) is 0.115. The molecule has 3 rings (SSSR count). The van der Waals surface area contributed by atoms with Crippen molar-refractivity contribution < 1.29 is 19.1 Å². The second-order valence-electron chi connectivity index (χ2n) is 7.17. The second kappa shape index (κ2) is 11.6. The smallest absolute Gasteiger partial charge is 0.258 e. The third kappa shape index (κ3) is 6.43. The van der Waals surface area contributed by atoms with Crippen LogP contribution in [0.2, 0.25) is 0 Å². The second-order valence-corrected chi connectivity index (χ2v) is 7.58. The summed E-state index contributed by atoms with van der Waals surface area (Å²) in [6.07, 6.45) is 3.01. The van der Waals surface area contributed by atoms with Crippen molar-refractivity contribution in [3.05, 3.63) is 90.0 Å². The molecule has 0 saturated carbocycles. The molecule has 0 aliphatic carbocycles. The number of hydrogen-bond donors (Lipinski definition) is 2. The number of thiocarbonyl (C=S) groups is 1. The topological polar surface area (TPSA) is 79.9 Å². The summed E-state index contributed by atoms with van der Waals surface area (Å²) in [6.45, 7) is 0. The van der Waals surface area contributed by atoms with E-state index in [2.05, 4.69) is 10.6 Å². The van der Waals surface area contributed by atoms with E-state index in [1.165, 1.54) is 6.08 Å². The fourth-order valence-electron chi connectivity index (χ4n) is 3.10. The number of para-hydroxylation sites is 1. The van der Waals surface area contributed by atoms with Gasteiger partial charge >= 0.3 is 0 Å². The lowest BCUT2D eigenvalue weighted by atomic mass is 10.1. The van der Waals surface area contributed by atoms with Crippen LogP contribution >= 0.6 is 12.2 Å². The minimum atomic E-state index is -0.386. The molecule has 3 aromatic carbocycles. The van der Waals surface area contributed by atoms with Crippen LogP contribution in [0.3, 0.4) is 0 Å². The molecule has 34 heavy (non-hydrogen) atoms. The molecule has 0 aliphatic heterocycles. The number of carbonyl (C=O) groups excluding carboxylic acids is 2. The van der Waals surface area contributed by atoms with Crippen molar-refractivity contribution in [2.75, 3.05) is 31.5 Å². The number of nitrogens with zero attached hydrogens (tertiary/aromatic N) is 1. The molecular weight excluding hydrogens is 450 g/mol. The molecule has 174 valence electrons. The summed E-state index contributed by atoms with van der Waals surface area (Å²) >= 11 is 5.22. The number of benzene rings is 3. The van der Waals surface area contributed by atoms with E-state index in [1.54, 1.807) is 74.7 Å². The molecule has 0 heterocycles. The Labute approximate surface area is 204 Å². The first-order valence-corrected chi connectivity index (χ1v) is 10.8. The van der Waals surface area contributed by atoms with Crippen molar-refractivity contribution >= 4 is 46.6 Å². The summed E-state index contributed by atoms with van der Waals surface area (Å²) in [5.74, 6) is 0.658. The summed E-state index contributed by atoms with van der Waals surface area (Å²) in [5.41, 5.74) is 2.75. The molecule has 0 bridgehead atoms. The van der Waals surface area contributed by atoms with Crippen molar-refractivity contribution in [3.8, 4) is 11.5 Å². The van der Waals surface area contributed by atoms with Gasteiger partial charge in [-0.15, -0.1) is 0 Å². The molecule has 0 unspecified atom stereocenters. The number of nitrogens with one attached hydrogen (secondary N) is 2. The van der Waals surface area contributed by atoms with Gasteiger partial charge in [0.15, 0.2) is 16.6 Å². The predicted molar refractivity (Wildman–Crippen MR) is 139 cm³/mol.